The molecule has 3 aromatic rings. The van der Waals surface area contributed by atoms with Crippen molar-refractivity contribution in [2.45, 2.75) is 0 Å². The van der Waals surface area contributed by atoms with Gasteiger partial charge < -0.3 is 0 Å². The highest BCUT2D eigenvalue weighted by Crippen LogP contribution is 2.51. The van der Waals surface area contributed by atoms with Crippen LogP contribution in [0.3, 0.4) is 0 Å². The second-order valence-corrected chi connectivity index (χ2v) is 8.57. The van der Waals surface area contributed by atoms with Crippen LogP contribution in [-0.4, -0.2) is 6.66 Å². The van der Waals surface area contributed by atoms with Gasteiger partial charge in [-0.05, 0) is 29.8 Å². The summed E-state index contributed by atoms with van der Waals surface area (Å²) in [7, 11) is -1.53. The molecule has 0 spiro atoms. The lowest BCUT2D eigenvalue weighted by Gasteiger charge is -2.34. The smallest absolute Gasteiger partial charge is 0.0199 e. The fraction of sp³-hybridized carbons (Fsp3) is 0.0526. The van der Waals surface area contributed by atoms with E-state index in [2.05, 4.69) is 97.7 Å². The number of benzene rings is 3. The molecule has 1 radical (unpaired) electrons. The fourth-order valence-corrected chi connectivity index (χ4v) is 5.83. The molecule has 0 saturated heterocycles. The molecule has 3 aromatic carbocycles. The van der Waals surface area contributed by atoms with Crippen molar-refractivity contribution in [2.24, 2.45) is 0 Å². The van der Waals surface area contributed by atoms with Crippen LogP contribution in [0.5, 0.6) is 0 Å². The number of rotatable bonds is 3. The molecule has 0 aliphatic rings. The van der Waals surface area contributed by atoms with E-state index in [0.29, 0.717) is 0 Å². The van der Waals surface area contributed by atoms with Crippen molar-refractivity contribution in [1.29, 1.82) is 0 Å². The first-order chi connectivity index (χ1) is 9.82. The minimum atomic E-state index is -1.53. The van der Waals surface area contributed by atoms with E-state index in [4.69, 9.17) is 0 Å². The fourth-order valence-electron chi connectivity index (χ4n) is 2.63. The molecule has 0 heterocycles. The summed E-state index contributed by atoms with van der Waals surface area (Å²) in [4.78, 5) is 0. The lowest BCUT2D eigenvalue weighted by Crippen LogP contribution is -2.30. The highest BCUT2D eigenvalue weighted by atomic mass is 79.9. The zero-order valence-corrected chi connectivity index (χ0v) is 14.6. The van der Waals surface area contributed by atoms with Gasteiger partial charge in [0.05, 0.1) is 0 Å². The van der Waals surface area contributed by atoms with Gasteiger partial charge >= 0.3 is 0 Å². The molecule has 0 atom stereocenters. The summed E-state index contributed by atoms with van der Waals surface area (Å²) in [6, 6.07) is 32.6. The monoisotopic (exact) mass is 357 g/mol. The summed E-state index contributed by atoms with van der Waals surface area (Å²) in [5.41, 5.74) is 0. The van der Waals surface area contributed by atoms with Crippen LogP contribution >= 0.6 is 24.2 Å². The molecule has 0 aliphatic carbocycles. The van der Waals surface area contributed by atoms with Crippen molar-refractivity contribution in [3.05, 3.63) is 91.0 Å². The third kappa shape index (κ3) is 3.10. The van der Waals surface area contributed by atoms with Crippen LogP contribution in [0.2, 0.25) is 0 Å². The van der Waals surface area contributed by atoms with Crippen LogP contribution < -0.4 is 15.9 Å². The molecule has 107 valence electrons. The molecule has 21 heavy (non-hydrogen) atoms. The van der Waals surface area contributed by atoms with E-state index in [0.717, 1.165) is 0 Å². The minimum Gasteiger partial charge on any atom is -0.114 e. The number of hydrogen-bond acceptors (Lipinski definition) is 0. The van der Waals surface area contributed by atoms with Gasteiger partial charge in [-0.2, -0.15) is 0 Å². The van der Waals surface area contributed by atoms with E-state index in [1.165, 1.54) is 15.9 Å². The Labute approximate surface area is 138 Å². The molecule has 0 fully saturated rings. The van der Waals surface area contributed by atoms with Crippen molar-refractivity contribution in [2.75, 3.05) is 6.66 Å². The molecule has 0 bridgehead atoms. The summed E-state index contributed by atoms with van der Waals surface area (Å²) < 4.78 is 0. The van der Waals surface area contributed by atoms with Crippen LogP contribution in [0.25, 0.3) is 0 Å². The van der Waals surface area contributed by atoms with E-state index in [-0.39, 0.29) is 17.0 Å². The zero-order chi connectivity index (χ0) is 13.8. The van der Waals surface area contributed by atoms with E-state index in [1.807, 2.05) is 0 Å². The number of halogens is 1. The van der Waals surface area contributed by atoms with Crippen molar-refractivity contribution in [3.8, 4) is 0 Å². The first kappa shape index (κ1) is 15.9. The Hall–Kier alpha value is -1.43. The average Bonchev–Trinajstić information content (AvgIpc) is 2.56. The van der Waals surface area contributed by atoms with Gasteiger partial charge in [0.1, 0.15) is 0 Å². The van der Waals surface area contributed by atoms with Gasteiger partial charge in [0, 0.05) is 0 Å². The quantitative estimate of drug-likeness (QED) is 0.616. The molecular formula is C19H19BrP. The Bertz CT molecular complexity index is 569. The van der Waals surface area contributed by atoms with Gasteiger partial charge in [-0.1, -0.05) is 91.0 Å². The van der Waals surface area contributed by atoms with Crippen molar-refractivity contribution >= 4 is 40.2 Å². The van der Waals surface area contributed by atoms with Crippen molar-refractivity contribution in [3.63, 3.8) is 0 Å². The van der Waals surface area contributed by atoms with Gasteiger partial charge in [-0.15, -0.1) is 17.0 Å². The predicted molar refractivity (Wildman–Crippen MR) is 101 cm³/mol. The van der Waals surface area contributed by atoms with Crippen molar-refractivity contribution < 1.29 is 0 Å². The van der Waals surface area contributed by atoms with Crippen LogP contribution in [0.15, 0.2) is 91.0 Å². The summed E-state index contributed by atoms with van der Waals surface area (Å²) in [6.45, 7) is 2.41. The second kappa shape index (κ2) is 7.02. The molecular weight excluding hydrogens is 339 g/mol. The van der Waals surface area contributed by atoms with E-state index < -0.39 is 7.26 Å². The number of hydrogen-bond donors (Lipinski definition) is 0. The van der Waals surface area contributed by atoms with Crippen LogP contribution in [0, 0.1) is 0 Å². The molecule has 0 amide bonds. The second-order valence-electron chi connectivity index (χ2n) is 5.01. The normalized spacial score (nSPS) is 10.7. The molecule has 0 aliphatic heterocycles. The van der Waals surface area contributed by atoms with Crippen LogP contribution in [0.4, 0.5) is 0 Å². The molecule has 0 nitrogen and oxygen atoms in total. The Morgan fingerprint density at radius 3 is 0.952 bits per heavy atom. The zero-order valence-electron chi connectivity index (χ0n) is 12.0. The maximum atomic E-state index is 2.41. The average molecular weight is 358 g/mol. The molecule has 3 rings (SSSR count). The highest BCUT2D eigenvalue weighted by molar-refractivity contribution is 8.93. The molecule has 0 saturated carbocycles. The maximum absolute atomic E-state index is 2.41. The van der Waals surface area contributed by atoms with Gasteiger partial charge in [0.25, 0.3) is 0 Å². The Morgan fingerprint density at radius 2 is 0.714 bits per heavy atom. The third-order valence-electron chi connectivity index (χ3n) is 3.82. The van der Waals surface area contributed by atoms with E-state index in [1.54, 1.807) is 0 Å². The van der Waals surface area contributed by atoms with E-state index >= 15 is 0 Å². The molecule has 2 heteroatoms. The molecule has 0 aromatic heterocycles. The summed E-state index contributed by atoms with van der Waals surface area (Å²) in [6.07, 6.45) is 0. The minimum absolute atomic E-state index is 0. The summed E-state index contributed by atoms with van der Waals surface area (Å²) in [5.74, 6) is 0. The topological polar surface area (TPSA) is 0 Å². The molecule has 0 N–H and O–H groups in total. The first-order valence-electron chi connectivity index (χ1n) is 6.85. The van der Waals surface area contributed by atoms with Gasteiger partial charge in [0.2, 0.25) is 0 Å². The van der Waals surface area contributed by atoms with Gasteiger partial charge in [-0.25, -0.2) is 0 Å². The maximum Gasteiger partial charge on any atom is -0.0199 e. The Balaban J connectivity index is 0.00000161. The van der Waals surface area contributed by atoms with Gasteiger partial charge in [0.15, 0.2) is 0 Å². The van der Waals surface area contributed by atoms with Crippen molar-refractivity contribution in [1.82, 2.24) is 0 Å². The lowest BCUT2D eigenvalue weighted by molar-refractivity contribution is 1.72. The van der Waals surface area contributed by atoms with E-state index in [9.17, 15) is 0 Å². The highest BCUT2D eigenvalue weighted by Gasteiger charge is 2.27. The largest absolute Gasteiger partial charge is 0.114 e. The van der Waals surface area contributed by atoms with Gasteiger partial charge in [-0.3, -0.25) is 0 Å². The van der Waals surface area contributed by atoms with Crippen LogP contribution in [0.1, 0.15) is 0 Å². The molecule has 0 unspecified atom stereocenters. The Kier molecular flexibility index (Phi) is 5.33. The van der Waals surface area contributed by atoms with Crippen LogP contribution in [-0.2, 0) is 0 Å². The summed E-state index contributed by atoms with van der Waals surface area (Å²) in [5, 5.41) is 4.28. The predicted octanol–water partition coefficient (Wildman–Crippen LogP) is 4.19. The third-order valence-corrected chi connectivity index (χ3v) is 7.81. The summed E-state index contributed by atoms with van der Waals surface area (Å²) >= 11 is 0. The lowest BCUT2D eigenvalue weighted by atomic mass is 10.4. The first-order valence-corrected chi connectivity index (χ1v) is 9.09. The Morgan fingerprint density at radius 1 is 0.476 bits per heavy atom. The standard InChI is InChI=1S/C19H18P.BrH/c1-20(17-11-5-2-6-12-17,18-13-7-3-8-14-18)19-15-9-4-10-16-19;/h2-16H,1H3;1H. The SMILES string of the molecule is Br.C[P](c1ccccc1)(c1ccccc1)c1ccccc1.